The zero-order chi connectivity index (χ0) is 14.4. The quantitative estimate of drug-likeness (QED) is 0.762. The van der Waals surface area contributed by atoms with E-state index in [1.807, 2.05) is 19.1 Å². The molecule has 0 bridgehead atoms. The maximum Gasteiger partial charge on any atom is 0.144 e. The first kappa shape index (κ1) is 15.7. The van der Waals surface area contributed by atoms with Gasteiger partial charge in [0.2, 0.25) is 0 Å². The molecule has 0 heterocycles. The molecule has 0 radical (unpaired) electrons. The number of hydrogen-bond acceptors (Lipinski definition) is 3. The highest BCUT2D eigenvalue weighted by molar-refractivity contribution is 5.74. The molecule has 0 atom stereocenters. The Morgan fingerprint density at radius 3 is 2.16 bits per heavy atom. The molecule has 3 nitrogen and oxygen atoms in total. The zero-order valence-electron chi connectivity index (χ0n) is 12.9. The third-order valence-electron chi connectivity index (χ3n) is 2.85. The average molecular weight is 264 g/mol. The topological polar surface area (TPSA) is 38.5 Å². The lowest BCUT2D eigenvalue weighted by atomic mass is 10.1. The van der Waals surface area contributed by atoms with E-state index in [0.717, 1.165) is 30.2 Å². The monoisotopic (exact) mass is 264 g/mol. The van der Waals surface area contributed by atoms with Gasteiger partial charge in [0.1, 0.15) is 5.75 Å². The lowest BCUT2D eigenvalue weighted by Gasteiger charge is -2.30. The zero-order valence-corrected chi connectivity index (χ0v) is 12.9. The predicted molar refractivity (Wildman–Crippen MR) is 83.9 cm³/mol. The van der Waals surface area contributed by atoms with E-state index < -0.39 is 0 Å². The van der Waals surface area contributed by atoms with E-state index in [2.05, 4.69) is 38.7 Å². The summed E-state index contributed by atoms with van der Waals surface area (Å²) in [6.45, 7) is 13.6. The van der Waals surface area contributed by atoms with Crippen molar-refractivity contribution in [2.24, 2.45) is 11.8 Å². The second-order valence-electron chi connectivity index (χ2n) is 5.81. The highest BCUT2D eigenvalue weighted by Gasteiger charge is 2.15. The molecule has 0 unspecified atom stereocenters. The molecular formula is C16H28N2O. The Morgan fingerprint density at radius 2 is 1.68 bits per heavy atom. The van der Waals surface area contributed by atoms with E-state index in [4.69, 9.17) is 10.5 Å². The van der Waals surface area contributed by atoms with Gasteiger partial charge in [-0.2, -0.15) is 0 Å². The van der Waals surface area contributed by atoms with Crippen molar-refractivity contribution in [1.82, 2.24) is 0 Å². The molecule has 0 aliphatic rings. The number of nitrogen functional groups attached to an aromatic ring is 1. The molecule has 0 aliphatic heterocycles. The summed E-state index contributed by atoms with van der Waals surface area (Å²) in [5, 5.41) is 0. The average Bonchev–Trinajstić information content (AvgIpc) is 2.30. The highest BCUT2D eigenvalue weighted by atomic mass is 16.5. The van der Waals surface area contributed by atoms with Gasteiger partial charge in [0.25, 0.3) is 0 Å². The molecule has 1 rings (SSSR count). The summed E-state index contributed by atoms with van der Waals surface area (Å²) >= 11 is 0. The Bertz CT molecular complexity index is 378. The van der Waals surface area contributed by atoms with Gasteiger partial charge in [0, 0.05) is 13.1 Å². The van der Waals surface area contributed by atoms with Crippen molar-refractivity contribution in [2.75, 3.05) is 30.3 Å². The lowest BCUT2D eigenvalue weighted by molar-refractivity contribution is 0.342. The van der Waals surface area contributed by atoms with Gasteiger partial charge in [-0.05, 0) is 30.9 Å². The summed E-state index contributed by atoms with van der Waals surface area (Å²) in [5.74, 6) is 2.00. The molecule has 0 amide bonds. The van der Waals surface area contributed by atoms with E-state index in [1.165, 1.54) is 0 Å². The Kier molecular flexibility index (Phi) is 6.00. The SMILES string of the molecule is CCOc1cccc(N(CC(C)C)CC(C)C)c1N. The summed E-state index contributed by atoms with van der Waals surface area (Å²) in [7, 11) is 0. The highest BCUT2D eigenvalue weighted by Crippen LogP contribution is 2.33. The molecule has 1 aromatic rings. The van der Waals surface area contributed by atoms with Crippen molar-refractivity contribution in [1.29, 1.82) is 0 Å². The standard InChI is InChI=1S/C16H28N2O/c1-6-19-15-9-7-8-14(16(15)17)18(10-12(2)3)11-13(4)5/h7-9,12-13H,6,10-11,17H2,1-5H3. The van der Waals surface area contributed by atoms with Crippen molar-refractivity contribution in [3.8, 4) is 5.75 Å². The molecule has 0 fully saturated rings. The number of ether oxygens (including phenoxy) is 1. The van der Waals surface area contributed by atoms with Crippen LogP contribution >= 0.6 is 0 Å². The van der Waals surface area contributed by atoms with Crippen molar-refractivity contribution in [3.63, 3.8) is 0 Å². The summed E-state index contributed by atoms with van der Waals surface area (Å²) in [4.78, 5) is 2.37. The van der Waals surface area contributed by atoms with Gasteiger partial charge in [-0.25, -0.2) is 0 Å². The number of rotatable bonds is 7. The van der Waals surface area contributed by atoms with Gasteiger partial charge < -0.3 is 15.4 Å². The fourth-order valence-electron chi connectivity index (χ4n) is 2.24. The third-order valence-corrected chi connectivity index (χ3v) is 2.85. The Hall–Kier alpha value is -1.38. The molecule has 0 aromatic heterocycles. The minimum atomic E-state index is 0.605. The lowest BCUT2D eigenvalue weighted by Crippen LogP contribution is -2.32. The van der Waals surface area contributed by atoms with Gasteiger partial charge in [-0.15, -0.1) is 0 Å². The fraction of sp³-hybridized carbons (Fsp3) is 0.625. The molecule has 3 heteroatoms. The van der Waals surface area contributed by atoms with Crippen molar-refractivity contribution >= 4 is 11.4 Å². The fourth-order valence-corrected chi connectivity index (χ4v) is 2.24. The van der Waals surface area contributed by atoms with E-state index in [-0.39, 0.29) is 0 Å². The second-order valence-corrected chi connectivity index (χ2v) is 5.81. The number of hydrogen-bond donors (Lipinski definition) is 1. The van der Waals surface area contributed by atoms with Crippen molar-refractivity contribution < 1.29 is 4.74 Å². The van der Waals surface area contributed by atoms with Gasteiger partial charge in [0.15, 0.2) is 0 Å². The first-order valence-corrected chi connectivity index (χ1v) is 7.21. The van der Waals surface area contributed by atoms with Crippen LogP contribution in [0.15, 0.2) is 18.2 Å². The van der Waals surface area contributed by atoms with Crippen LogP contribution in [0, 0.1) is 11.8 Å². The molecule has 0 saturated heterocycles. The Balaban J connectivity index is 3.03. The Morgan fingerprint density at radius 1 is 1.11 bits per heavy atom. The minimum Gasteiger partial charge on any atom is -0.492 e. The third kappa shape index (κ3) is 4.66. The predicted octanol–water partition coefficient (Wildman–Crippen LogP) is 3.79. The molecule has 1 aromatic carbocycles. The summed E-state index contributed by atoms with van der Waals surface area (Å²) in [6.07, 6.45) is 0. The maximum atomic E-state index is 6.26. The van der Waals surface area contributed by atoms with Crippen LogP contribution < -0.4 is 15.4 Å². The summed E-state index contributed by atoms with van der Waals surface area (Å²) in [6, 6.07) is 6.04. The van der Waals surface area contributed by atoms with Gasteiger partial charge in [-0.1, -0.05) is 33.8 Å². The molecule has 2 N–H and O–H groups in total. The van der Waals surface area contributed by atoms with Crippen molar-refractivity contribution in [2.45, 2.75) is 34.6 Å². The first-order chi connectivity index (χ1) is 8.95. The minimum absolute atomic E-state index is 0.605. The first-order valence-electron chi connectivity index (χ1n) is 7.21. The number of anilines is 2. The van der Waals surface area contributed by atoms with Crippen LogP contribution in [-0.2, 0) is 0 Å². The number of benzene rings is 1. The van der Waals surface area contributed by atoms with Crippen molar-refractivity contribution in [3.05, 3.63) is 18.2 Å². The largest absolute Gasteiger partial charge is 0.492 e. The molecule has 0 spiro atoms. The summed E-state index contributed by atoms with van der Waals surface area (Å²) < 4.78 is 5.59. The number of nitrogens with zero attached hydrogens (tertiary/aromatic N) is 1. The van der Waals surface area contributed by atoms with Crippen LogP contribution in [0.4, 0.5) is 11.4 Å². The Labute approximate surface area is 117 Å². The van der Waals surface area contributed by atoms with E-state index >= 15 is 0 Å². The normalized spacial score (nSPS) is 11.1. The maximum absolute atomic E-state index is 6.26. The summed E-state index contributed by atoms with van der Waals surface area (Å²) in [5.41, 5.74) is 8.10. The molecule has 108 valence electrons. The van der Waals surface area contributed by atoms with Crippen LogP contribution in [0.25, 0.3) is 0 Å². The van der Waals surface area contributed by atoms with Gasteiger partial charge in [0.05, 0.1) is 18.0 Å². The number of para-hydroxylation sites is 1. The van der Waals surface area contributed by atoms with Crippen LogP contribution in [0.5, 0.6) is 5.75 Å². The van der Waals surface area contributed by atoms with E-state index in [9.17, 15) is 0 Å². The van der Waals surface area contributed by atoms with E-state index in [0.29, 0.717) is 18.4 Å². The van der Waals surface area contributed by atoms with E-state index in [1.54, 1.807) is 0 Å². The van der Waals surface area contributed by atoms with Crippen LogP contribution in [0.3, 0.4) is 0 Å². The molecule has 0 aliphatic carbocycles. The van der Waals surface area contributed by atoms with Crippen LogP contribution in [-0.4, -0.2) is 19.7 Å². The molecular weight excluding hydrogens is 236 g/mol. The number of nitrogens with two attached hydrogens (primary N) is 1. The van der Waals surface area contributed by atoms with Crippen LogP contribution in [0.2, 0.25) is 0 Å². The van der Waals surface area contributed by atoms with Gasteiger partial charge >= 0.3 is 0 Å². The molecule has 0 saturated carbocycles. The van der Waals surface area contributed by atoms with Gasteiger partial charge in [-0.3, -0.25) is 0 Å². The second kappa shape index (κ2) is 7.27. The van der Waals surface area contributed by atoms with Crippen LogP contribution in [0.1, 0.15) is 34.6 Å². The smallest absolute Gasteiger partial charge is 0.144 e. The molecule has 19 heavy (non-hydrogen) atoms.